The maximum atomic E-state index is 12.6. The molecule has 0 radical (unpaired) electrons. The number of amides is 1. The lowest BCUT2D eigenvalue weighted by atomic mass is 10.1. The number of anilines is 1. The minimum atomic E-state index is -3.81. The summed E-state index contributed by atoms with van der Waals surface area (Å²) >= 11 is 6.18. The normalized spacial score (nSPS) is 11.1. The first-order valence-corrected chi connectivity index (χ1v) is 11.4. The molecule has 3 rings (SSSR count). The van der Waals surface area contributed by atoms with E-state index in [0.29, 0.717) is 12.2 Å². The van der Waals surface area contributed by atoms with Crippen LogP contribution in [0.25, 0.3) is 0 Å². The first-order chi connectivity index (χ1) is 14.7. The Bertz CT molecular complexity index is 1160. The van der Waals surface area contributed by atoms with E-state index < -0.39 is 10.0 Å². The molecule has 0 heterocycles. The minimum absolute atomic E-state index is 0.00533. The van der Waals surface area contributed by atoms with Gasteiger partial charge >= 0.3 is 0 Å². The van der Waals surface area contributed by atoms with Crippen molar-refractivity contribution in [1.82, 2.24) is 5.32 Å². The van der Waals surface area contributed by atoms with Crippen molar-refractivity contribution in [3.8, 4) is 5.75 Å². The Kier molecular flexibility index (Phi) is 7.20. The Labute approximate surface area is 187 Å². The number of aryl methyl sites for hydroxylation is 2. The number of nitrogens with one attached hydrogen (secondary N) is 2. The molecular formula is C23H23ClN2O4S. The van der Waals surface area contributed by atoms with Crippen molar-refractivity contribution in [1.29, 1.82) is 0 Å². The summed E-state index contributed by atoms with van der Waals surface area (Å²) in [6.45, 7) is 4.06. The van der Waals surface area contributed by atoms with Gasteiger partial charge in [-0.05, 0) is 49.7 Å². The van der Waals surface area contributed by atoms with Crippen molar-refractivity contribution in [3.05, 3.63) is 88.4 Å². The van der Waals surface area contributed by atoms with Gasteiger partial charge in [-0.2, -0.15) is 0 Å². The van der Waals surface area contributed by atoms with E-state index >= 15 is 0 Å². The van der Waals surface area contributed by atoms with Crippen LogP contribution in [0.4, 0.5) is 5.69 Å². The number of benzene rings is 3. The predicted molar refractivity (Wildman–Crippen MR) is 122 cm³/mol. The molecule has 0 saturated carbocycles. The van der Waals surface area contributed by atoms with E-state index in [1.165, 1.54) is 18.2 Å². The molecule has 0 aliphatic rings. The van der Waals surface area contributed by atoms with E-state index in [-0.39, 0.29) is 28.2 Å². The lowest BCUT2D eigenvalue weighted by Crippen LogP contribution is -2.28. The van der Waals surface area contributed by atoms with Gasteiger partial charge in [0, 0.05) is 12.2 Å². The van der Waals surface area contributed by atoms with E-state index in [1.54, 1.807) is 12.1 Å². The number of rotatable bonds is 8. The molecule has 8 heteroatoms. The van der Waals surface area contributed by atoms with Crippen LogP contribution in [0.3, 0.4) is 0 Å². The highest BCUT2D eigenvalue weighted by molar-refractivity contribution is 7.92. The molecule has 2 N–H and O–H groups in total. The van der Waals surface area contributed by atoms with Crippen LogP contribution in [0.15, 0.2) is 71.6 Å². The van der Waals surface area contributed by atoms with Crippen molar-refractivity contribution in [2.24, 2.45) is 0 Å². The molecule has 0 aromatic heterocycles. The topological polar surface area (TPSA) is 84.5 Å². The van der Waals surface area contributed by atoms with Crippen LogP contribution in [0.5, 0.6) is 5.75 Å². The molecule has 0 aliphatic heterocycles. The third-order valence-electron chi connectivity index (χ3n) is 4.49. The van der Waals surface area contributed by atoms with Gasteiger partial charge in [-0.3, -0.25) is 9.52 Å². The van der Waals surface area contributed by atoms with Crippen LogP contribution in [0, 0.1) is 13.8 Å². The lowest BCUT2D eigenvalue weighted by Gasteiger charge is -2.12. The van der Waals surface area contributed by atoms with Gasteiger partial charge < -0.3 is 10.1 Å². The van der Waals surface area contributed by atoms with Crippen LogP contribution in [-0.4, -0.2) is 20.9 Å². The third-order valence-corrected chi connectivity index (χ3v) is 6.16. The van der Waals surface area contributed by atoms with E-state index in [2.05, 4.69) is 10.0 Å². The maximum absolute atomic E-state index is 12.6. The fraction of sp³-hybridized carbons (Fsp3) is 0.174. The average Bonchev–Trinajstić information content (AvgIpc) is 2.74. The molecule has 3 aromatic rings. The molecule has 1 amide bonds. The van der Waals surface area contributed by atoms with Gasteiger partial charge in [-0.25, -0.2) is 8.42 Å². The van der Waals surface area contributed by atoms with Crippen LogP contribution >= 0.6 is 11.6 Å². The zero-order valence-corrected chi connectivity index (χ0v) is 18.8. The van der Waals surface area contributed by atoms with Crippen molar-refractivity contribution < 1.29 is 17.9 Å². The quantitative estimate of drug-likeness (QED) is 0.522. The summed E-state index contributed by atoms with van der Waals surface area (Å²) in [6, 6.07) is 18.9. The molecule has 6 nitrogen and oxygen atoms in total. The molecule has 0 aliphatic carbocycles. The Hall–Kier alpha value is -3.03. The SMILES string of the molecule is Cc1ccc(CNC(=O)COc2ccc(S(=O)(=O)Nc3ccc(C)cc3)cc2Cl)cc1. The van der Waals surface area contributed by atoms with Crippen LogP contribution in [0.2, 0.25) is 5.02 Å². The third kappa shape index (κ3) is 6.47. The number of sulfonamides is 1. The fourth-order valence-electron chi connectivity index (χ4n) is 2.70. The number of carbonyl (C=O) groups excluding carboxylic acids is 1. The molecule has 0 unspecified atom stereocenters. The smallest absolute Gasteiger partial charge is 0.261 e. The van der Waals surface area contributed by atoms with Crippen molar-refractivity contribution in [2.75, 3.05) is 11.3 Å². The second-order valence-corrected chi connectivity index (χ2v) is 9.20. The van der Waals surface area contributed by atoms with Crippen molar-refractivity contribution >= 4 is 33.2 Å². The number of hydrogen-bond donors (Lipinski definition) is 2. The van der Waals surface area contributed by atoms with Gasteiger partial charge in [0.2, 0.25) is 0 Å². The second kappa shape index (κ2) is 9.85. The standard InChI is InChI=1S/C23H23ClN2O4S/c1-16-3-7-18(8-4-16)14-25-23(27)15-30-22-12-11-20(13-21(22)24)31(28,29)26-19-9-5-17(2)6-10-19/h3-13,26H,14-15H2,1-2H3,(H,25,27). The Balaban J connectivity index is 1.57. The molecule has 0 fully saturated rings. The number of carbonyl (C=O) groups is 1. The number of halogens is 1. The highest BCUT2D eigenvalue weighted by Crippen LogP contribution is 2.28. The van der Waals surface area contributed by atoms with Crippen molar-refractivity contribution in [3.63, 3.8) is 0 Å². The Morgan fingerprint density at radius 3 is 2.16 bits per heavy atom. The molecule has 0 saturated heterocycles. The van der Waals surface area contributed by atoms with Crippen molar-refractivity contribution in [2.45, 2.75) is 25.3 Å². The van der Waals surface area contributed by atoms with Crippen LogP contribution < -0.4 is 14.8 Å². The second-order valence-electron chi connectivity index (χ2n) is 7.11. The summed E-state index contributed by atoms with van der Waals surface area (Å²) in [5.41, 5.74) is 3.60. The average molecular weight is 459 g/mol. The van der Waals surface area contributed by atoms with E-state index in [1.807, 2.05) is 50.2 Å². The first-order valence-electron chi connectivity index (χ1n) is 9.57. The summed E-state index contributed by atoms with van der Waals surface area (Å²) < 4.78 is 33.1. The van der Waals surface area contributed by atoms with Gasteiger partial charge in [-0.1, -0.05) is 59.1 Å². The molecule has 31 heavy (non-hydrogen) atoms. The summed E-state index contributed by atoms with van der Waals surface area (Å²) in [4.78, 5) is 12.0. The summed E-state index contributed by atoms with van der Waals surface area (Å²) in [6.07, 6.45) is 0. The fourth-order valence-corrected chi connectivity index (χ4v) is 4.09. The largest absolute Gasteiger partial charge is 0.482 e. The summed E-state index contributed by atoms with van der Waals surface area (Å²) in [7, 11) is -3.81. The maximum Gasteiger partial charge on any atom is 0.261 e. The predicted octanol–water partition coefficient (Wildman–Crippen LogP) is 4.45. The molecule has 0 spiro atoms. The molecule has 162 valence electrons. The summed E-state index contributed by atoms with van der Waals surface area (Å²) in [5, 5.41) is 2.86. The van der Waals surface area contributed by atoms with E-state index in [9.17, 15) is 13.2 Å². The van der Waals surface area contributed by atoms with Crippen LogP contribution in [-0.2, 0) is 21.4 Å². The van der Waals surface area contributed by atoms with Gasteiger partial charge in [-0.15, -0.1) is 0 Å². The number of hydrogen-bond acceptors (Lipinski definition) is 4. The van der Waals surface area contributed by atoms with Gasteiger partial charge in [0.1, 0.15) is 5.75 Å². The summed E-state index contributed by atoms with van der Waals surface area (Å²) in [5.74, 6) is -0.0872. The molecular weight excluding hydrogens is 436 g/mol. The molecule has 3 aromatic carbocycles. The Morgan fingerprint density at radius 1 is 0.935 bits per heavy atom. The van der Waals surface area contributed by atoms with Gasteiger partial charge in [0.05, 0.1) is 9.92 Å². The van der Waals surface area contributed by atoms with E-state index in [4.69, 9.17) is 16.3 Å². The monoisotopic (exact) mass is 458 g/mol. The molecule has 0 atom stereocenters. The zero-order valence-electron chi connectivity index (χ0n) is 17.2. The Morgan fingerprint density at radius 2 is 1.55 bits per heavy atom. The van der Waals surface area contributed by atoms with E-state index in [0.717, 1.165) is 16.7 Å². The van der Waals surface area contributed by atoms with Gasteiger partial charge in [0.15, 0.2) is 6.61 Å². The minimum Gasteiger partial charge on any atom is -0.482 e. The lowest BCUT2D eigenvalue weighted by molar-refractivity contribution is -0.123. The highest BCUT2D eigenvalue weighted by atomic mass is 35.5. The van der Waals surface area contributed by atoms with Crippen LogP contribution in [0.1, 0.15) is 16.7 Å². The van der Waals surface area contributed by atoms with Gasteiger partial charge in [0.25, 0.3) is 15.9 Å². The molecule has 0 bridgehead atoms. The number of ether oxygens (including phenoxy) is 1. The zero-order chi connectivity index (χ0) is 22.4. The highest BCUT2D eigenvalue weighted by Gasteiger charge is 2.17. The first kappa shape index (κ1) is 22.7.